The van der Waals surface area contributed by atoms with Crippen molar-refractivity contribution in [1.29, 1.82) is 0 Å². The molecule has 3 atom stereocenters. The SMILES string of the molecule is CC(C)CC(C(=O)N1CCC(c2nnc3ccccn23)CC1)N1C(=O)C2CC=CCC2C1=O. The lowest BCUT2D eigenvalue weighted by molar-refractivity contribution is -0.152. The van der Waals surface area contributed by atoms with Gasteiger partial charge < -0.3 is 4.90 Å². The second kappa shape index (κ2) is 8.72. The Morgan fingerprint density at radius 2 is 1.70 bits per heavy atom. The van der Waals surface area contributed by atoms with Gasteiger partial charge in [0.1, 0.15) is 11.9 Å². The largest absolute Gasteiger partial charge is 0.341 e. The maximum absolute atomic E-state index is 13.7. The summed E-state index contributed by atoms with van der Waals surface area (Å²) >= 11 is 0. The Balaban J connectivity index is 1.31. The van der Waals surface area contributed by atoms with Gasteiger partial charge in [0.05, 0.1) is 11.8 Å². The number of hydrogen-bond donors (Lipinski definition) is 0. The van der Waals surface area contributed by atoms with Crippen LogP contribution in [-0.2, 0) is 14.4 Å². The number of carbonyl (C=O) groups excluding carboxylic acids is 3. The first-order chi connectivity index (χ1) is 16.0. The third-order valence-electron chi connectivity index (χ3n) is 7.34. The van der Waals surface area contributed by atoms with Gasteiger partial charge in [0.15, 0.2) is 5.65 Å². The van der Waals surface area contributed by atoms with Gasteiger partial charge >= 0.3 is 0 Å². The van der Waals surface area contributed by atoms with Crippen molar-refractivity contribution in [2.24, 2.45) is 17.8 Å². The molecule has 0 N–H and O–H groups in total. The van der Waals surface area contributed by atoms with Crippen molar-refractivity contribution >= 4 is 23.4 Å². The van der Waals surface area contributed by atoms with E-state index in [9.17, 15) is 14.4 Å². The van der Waals surface area contributed by atoms with Crippen LogP contribution in [0.25, 0.3) is 5.65 Å². The molecule has 2 fully saturated rings. The fourth-order valence-electron chi connectivity index (χ4n) is 5.60. The van der Waals surface area contributed by atoms with Crippen LogP contribution >= 0.6 is 0 Å². The number of likely N-dealkylation sites (tertiary alicyclic amines) is 2. The molecule has 3 unspecified atom stereocenters. The van der Waals surface area contributed by atoms with E-state index < -0.39 is 6.04 Å². The zero-order chi connectivity index (χ0) is 23.1. The lowest BCUT2D eigenvalue weighted by atomic mass is 9.85. The summed E-state index contributed by atoms with van der Waals surface area (Å²) in [6.45, 7) is 5.24. The number of imide groups is 1. The Labute approximate surface area is 193 Å². The van der Waals surface area contributed by atoms with Gasteiger partial charge in [0.25, 0.3) is 0 Å². The van der Waals surface area contributed by atoms with E-state index in [1.807, 2.05) is 59.7 Å². The maximum Gasteiger partial charge on any atom is 0.245 e. The first kappa shape index (κ1) is 21.8. The van der Waals surface area contributed by atoms with Crippen LogP contribution in [0.4, 0.5) is 0 Å². The number of carbonyl (C=O) groups is 3. The zero-order valence-corrected chi connectivity index (χ0v) is 19.3. The molecule has 33 heavy (non-hydrogen) atoms. The van der Waals surface area contributed by atoms with E-state index in [2.05, 4.69) is 10.2 Å². The van der Waals surface area contributed by atoms with Crippen LogP contribution in [0.3, 0.4) is 0 Å². The molecule has 0 bridgehead atoms. The molecule has 5 rings (SSSR count). The Kier molecular flexibility index (Phi) is 5.76. The second-order valence-corrected chi connectivity index (χ2v) is 9.93. The highest BCUT2D eigenvalue weighted by molar-refractivity contribution is 6.08. The summed E-state index contributed by atoms with van der Waals surface area (Å²) < 4.78 is 2.01. The minimum absolute atomic E-state index is 0.0958. The van der Waals surface area contributed by atoms with Gasteiger partial charge in [-0.3, -0.25) is 23.7 Å². The van der Waals surface area contributed by atoms with Crippen molar-refractivity contribution in [3.8, 4) is 0 Å². The molecule has 174 valence electrons. The predicted molar refractivity (Wildman–Crippen MR) is 122 cm³/mol. The number of nitrogens with zero attached hydrogens (tertiary/aromatic N) is 5. The Morgan fingerprint density at radius 1 is 1.03 bits per heavy atom. The lowest BCUT2D eigenvalue weighted by Crippen LogP contribution is -2.53. The monoisotopic (exact) mass is 449 g/mol. The number of piperidine rings is 1. The van der Waals surface area contributed by atoms with Gasteiger partial charge in [-0.2, -0.15) is 0 Å². The second-order valence-electron chi connectivity index (χ2n) is 9.93. The molecule has 1 aliphatic carbocycles. The first-order valence-electron chi connectivity index (χ1n) is 12.1. The number of hydrogen-bond acceptors (Lipinski definition) is 5. The minimum atomic E-state index is -0.707. The highest BCUT2D eigenvalue weighted by atomic mass is 16.2. The summed E-state index contributed by atoms with van der Waals surface area (Å²) in [4.78, 5) is 43.2. The maximum atomic E-state index is 13.7. The van der Waals surface area contributed by atoms with E-state index in [-0.39, 0.29) is 41.4 Å². The number of amides is 3. The molecule has 3 aliphatic rings. The standard InChI is InChI=1S/C25H31N5O3/c1-16(2)15-20(30-23(31)18-7-3-4-8-19(18)24(30)32)25(33)28-13-10-17(11-14-28)22-27-26-21-9-5-6-12-29(21)22/h3-6,9,12,16-20H,7-8,10-11,13-15H2,1-2H3. The van der Waals surface area contributed by atoms with Gasteiger partial charge in [-0.05, 0) is 50.2 Å². The summed E-state index contributed by atoms with van der Waals surface area (Å²) in [5, 5.41) is 8.65. The molecule has 2 saturated heterocycles. The highest BCUT2D eigenvalue weighted by Gasteiger charge is 2.51. The van der Waals surface area contributed by atoms with Crippen LogP contribution in [0.5, 0.6) is 0 Å². The topological polar surface area (TPSA) is 87.9 Å². The Morgan fingerprint density at radius 3 is 2.33 bits per heavy atom. The molecule has 8 heteroatoms. The van der Waals surface area contributed by atoms with Gasteiger partial charge in [-0.25, -0.2) is 0 Å². The smallest absolute Gasteiger partial charge is 0.245 e. The Hall–Kier alpha value is -3.03. The van der Waals surface area contributed by atoms with Crippen molar-refractivity contribution in [2.45, 2.75) is 57.9 Å². The first-order valence-corrected chi connectivity index (χ1v) is 12.1. The van der Waals surface area contributed by atoms with Crippen LogP contribution in [0.1, 0.15) is 57.7 Å². The molecule has 2 aromatic rings. The van der Waals surface area contributed by atoms with Crippen LogP contribution in [0.15, 0.2) is 36.5 Å². The van der Waals surface area contributed by atoms with Crippen LogP contribution in [0.2, 0.25) is 0 Å². The molecule has 0 saturated carbocycles. The fraction of sp³-hybridized carbons (Fsp3) is 0.560. The summed E-state index contributed by atoms with van der Waals surface area (Å²) in [6, 6.07) is 5.13. The molecule has 8 nitrogen and oxygen atoms in total. The van der Waals surface area contributed by atoms with Gasteiger partial charge in [-0.1, -0.05) is 32.1 Å². The van der Waals surface area contributed by atoms with E-state index in [0.29, 0.717) is 32.4 Å². The fourth-order valence-corrected chi connectivity index (χ4v) is 5.60. The number of allylic oxidation sites excluding steroid dienone is 2. The van der Waals surface area contributed by atoms with E-state index in [0.717, 1.165) is 24.3 Å². The molecule has 3 amide bonds. The Bertz CT molecular complexity index is 1070. The molecule has 0 aromatic carbocycles. The molecule has 0 spiro atoms. The van der Waals surface area contributed by atoms with Crippen molar-refractivity contribution < 1.29 is 14.4 Å². The average Bonchev–Trinajstić information content (AvgIpc) is 3.37. The van der Waals surface area contributed by atoms with Crippen LogP contribution in [-0.4, -0.2) is 61.3 Å². The van der Waals surface area contributed by atoms with E-state index in [1.54, 1.807) is 0 Å². The third kappa shape index (κ3) is 3.85. The minimum Gasteiger partial charge on any atom is -0.341 e. The van der Waals surface area contributed by atoms with Gasteiger partial charge in [-0.15, -0.1) is 10.2 Å². The van der Waals surface area contributed by atoms with E-state index in [4.69, 9.17) is 0 Å². The lowest BCUT2D eigenvalue weighted by Gasteiger charge is -2.36. The van der Waals surface area contributed by atoms with Crippen molar-refractivity contribution in [3.05, 3.63) is 42.4 Å². The molecule has 0 radical (unpaired) electrons. The molecular weight excluding hydrogens is 418 g/mol. The molecule has 4 heterocycles. The average molecular weight is 450 g/mol. The number of rotatable bonds is 5. The van der Waals surface area contributed by atoms with Crippen LogP contribution in [0, 0.1) is 17.8 Å². The van der Waals surface area contributed by atoms with Crippen LogP contribution < -0.4 is 0 Å². The van der Waals surface area contributed by atoms with Gasteiger partial charge in [0.2, 0.25) is 17.7 Å². The number of fused-ring (bicyclic) bond motifs is 2. The number of pyridine rings is 1. The van der Waals surface area contributed by atoms with Gasteiger partial charge in [0, 0.05) is 25.2 Å². The van der Waals surface area contributed by atoms with E-state index in [1.165, 1.54) is 4.90 Å². The molecule has 2 aliphatic heterocycles. The number of aromatic nitrogens is 3. The van der Waals surface area contributed by atoms with Crippen molar-refractivity contribution in [1.82, 2.24) is 24.4 Å². The quantitative estimate of drug-likeness (QED) is 0.517. The third-order valence-corrected chi connectivity index (χ3v) is 7.34. The summed E-state index contributed by atoms with van der Waals surface area (Å²) in [6.07, 6.45) is 9.18. The predicted octanol–water partition coefficient (Wildman–Crippen LogP) is 2.80. The molecular formula is C25H31N5O3. The summed E-state index contributed by atoms with van der Waals surface area (Å²) in [5.74, 6) is 0.295. The highest BCUT2D eigenvalue weighted by Crippen LogP contribution is 2.38. The zero-order valence-electron chi connectivity index (χ0n) is 19.3. The van der Waals surface area contributed by atoms with E-state index >= 15 is 0 Å². The summed E-state index contributed by atoms with van der Waals surface area (Å²) in [5.41, 5.74) is 0.824. The molecule has 2 aromatic heterocycles. The van der Waals surface area contributed by atoms with Crippen molar-refractivity contribution in [2.75, 3.05) is 13.1 Å². The van der Waals surface area contributed by atoms with Crippen molar-refractivity contribution in [3.63, 3.8) is 0 Å². The summed E-state index contributed by atoms with van der Waals surface area (Å²) in [7, 11) is 0. The normalized spacial score (nSPS) is 24.7.